The highest BCUT2D eigenvalue weighted by Gasteiger charge is 2.52. The number of nitrogens with zero attached hydrogens (tertiary/aromatic N) is 7. The van der Waals surface area contributed by atoms with Crippen LogP contribution in [0.4, 0.5) is 0 Å². The summed E-state index contributed by atoms with van der Waals surface area (Å²) >= 11 is 0. The van der Waals surface area contributed by atoms with Gasteiger partial charge in [0.2, 0.25) is 53.2 Å². The van der Waals surface area contributed by atoms with Crippen molar-refractivity contribution in [2.45, 2.75) is 182 Å². The van der Waals surface area contributed by atoms with Gasteiger partial charge in [0.1, 0.15) is 47.8 Å². The number of hydrogen-bond donors (Lipinski definition) is 15. The van der Waals surface area contributed by atoms with Crippen LogP contribution in [-0.4, -0.2) is 224 Å². The maximum atomic E-state index is 15.4. The number of aliphatic imine (C=N–C) groups is 3. The Balaban J connectivity index is 1.05. The molecule has 0 aromatic heterocycles. The summed E-state index contributed by atoms with van der Waals surface area (Å²) in [6, 6.07) is 5.36. The number of carboxylic acid groups (broad SMARTS) is 1. The van der Waals surface area contributed by atoms with Crippen molar-refractivity contribution in [3.63, 3.8) is 0 Å². The van der Waals surface area contributed by atoms with E-state index in [0.717, 1.165) is 23.3 Å². The molecule has 3 saturated heterocycles. The lowest BCUT2D eigenvalue weighted by atomic mass is 9.84. The van der Waals surface area contributed by atoms with E-state index >= 15 is 9.59 Å². The fourth-order valence-electron chi connectivity index (χ4n) is 13.4. The molecule has 9 amide bonds. The van der Waals surface area contributed by atoms with Crippen LogP contribution < -0.4 is 66.7 Å². The fraction of sp³-hybridized carbons (Fsp3) is 0.597. The van der Waals surface area contributed by atoms with Gasteiger partial charge in [-0.15, -0.1) is 0 Å². The summed E-state index contributed by atoms with van der Waals surface area (Å²) in [5.41, 5.74) is 39.0. The number of amides is 9. The van der Waals surface area contributed by atoms with Gasteiger partial charge in [0, 0.05) is 64.6 Å². The van der Waals surface area contributed by atoms with Crippen LogP contribution in [-0.2, 0) is 67.3 Å². The predicted octanol–water partition coefficient (Wildman–Crippen LogP) is -4.69. The number of carbonyl (C=O) groups is 10. The van der Waals surface area contributed by atoms with Crippen molar-refractivity contribution in [1.82, 2.24) is 46.2 Å². The molecule has 32 heteroatoms. The standard InChI is InChI=1S/C62H93N19O13/c1-62(30-35-13-3-2-4-14-35,77-49(84)31-73-51(86)46-29-39(83)33-80(46)55(90)45-22-12-26-78(45)53(88)41(19-10-24-71-60(66)67)74-50(85)40(63)18-9-23-70-59(64)65)58(94)76-43(34-82)54(89)79-32-38-17-6-5-15-36(38)27-48(79)56(91)81-44-21-8-7-16-37(44)28-47(81)52(87)75-42(57(92)93)20-11-25-72-61(68)69/h2-6,13-15,17,37,39-48,82-83H,7-12,16,18-34,63H2,1H3,(H,73,86)(H,74,85)(H,75,87)(H,76,94)(H,77,84)(H,92,93)(H4,64,65,70)(H4,66,67,71)(H4,68,69,72)/t37-,39+,40+,41-,42-,43-,44-,45-,46-,47-,48+,62-/m0/s1. The molecule has 22 N–H and O–H groups in total. The Morgan fingerprint density at radius 2 is 1.24 bits per heavy atom. The highest BCUT2D eigenvalue weighted by molar-refractivity contribution is 6.00. The van der Waals surface area contributed by atoms with Crippen LogP contribution in [0.25, 0.3) is 0 Å². The number of aliphatic hydroxyl groups is 2. The van der Waals surface area contributed by atoms with Crippen LogP contribution in [0.5, 0.6) is 0 Å². The Labute approximate surface area is 545 Å². The third-order valence-corrected chi connectivity index (χ3v) is 18.1. The Hall–Kier alpha value is -9.17. The SMILES string of the molecule is C[C@@](Cc1ccccc1)(NC(=O)CNC(=O)[C@@H]1C[C@@H](O)CN1C(=O)[C@@H]1CCCN1C(=O)[C@H](CCCN=C(N)N)NC(=O)[C@H](N)CCCN=C(N)N)C(=O)N[C@@H](CO)C(=O)N1Cc2ccccc2C[C@@H]1C(=O)N1[C@H](C(=O)N[C@@H](CCCN=C(N)N)C(=O)O)C[C@@H]2CCCC[C@@H]21. The number of hydrogen-bond acceptors (Lipinski definition) is 16. The molecule has 94 heavy (non-hydrogen) atoms. The summed E-state index contributed by atoms with van der Waals surface area (Å²) in [6.07, 6.45) is 3.26. The van der Waals surface area contributed by atoms with E-state index in [4.69, 9.17) is 40.1 Å². The molecule has 12 atom stereocenters. The van der Waals surface area contributed by atoms with Gasteiger partial charge in [-0.2, -0.15) is 0 Å². The Kier molecular flexibility index (Phi) is 25.8. The number of nitrogens with one attached hydrogen (secondary N) is 5. The first-order valence-corrected chi connectivity index (χ1v) is 32.1. The third-order valence-electron chi connectivity index (χ3n) is 18.1. The molecular weight excluding hydrogens is 1220 g/mol. The molecule has 0 unspecified atom stereocenters. The van der Waals surface area contributed by atoms with Crippen LogP contribution >= 0.6 is 0 Å². The maximum Gasteiger partial charge on any atom is 0.326 e. The van der Waals surface area contributed by atoms with E-state index in [-0.39, 0.29) is 127 Å². The Bertz CT molecular complexity index is 3140. The lowest BCUT2D eigenvalue weighted by Gasteiger charge is -2.42. The van der Waals surface area contributed by atoms with E-state index in [0.29, 0.717) is 36.8 Å². The highest BCUT2D eigenvalue weighted by atomic mass is 16.4. The number of carbonyl (C=O) groups excluding carboxylic acids is 9. The molecule has 1 saturated carbocycles. The lowest BCUT2D eigenvalue weighted by Crippen LogP contribution is -2.65. The summed E-state index contributed by atoms with van der Waals surface area (Å²) in [4.78, 5) is 160. The number of aliphatic hydroxyl groups excluding tert-OH is 2. The molecule has 2 aromatic carbocycles. The zero-order valence-corrected chi connectivity index (χ0v) is 53.1. The van der Waals surface area contributed by atoms with Gasteiger partial charge in [-0.3, -0.25) is 58.1 Å². The minimum atomic E-state index is -1.91. The third kappa shape index (κ3) is 19.0. The monoisotopic (exact) mass is 1310 g/mol. The van der Waals surface area contributed by atoms with Crippen molar-refractivity contribution in [3.8, 4) is 0 Å². The number of guanidine groups is 3. The Morgan fingerprint density at radius 1 is 0.638 bits per heavy atom. The molecule has 32 nitrogen and oxygen atoms in total. The summed E-state index contributed by atoms with van der Waals surface area (Å²) in [6.45, 7) is -0.141. The van der Waals surface area contributed by atoms with Gasteiger partial charge < -0.3 is 102 Å². The van der Waals surface area contributed by atoms with E-state index in [2.05, 4.69) is 41.6 Å². The summed E-state index contributed by atoms with van der Waals surface area (Å²) in [5.74, 6) is -8.44. The molecule has 0 spiro atoms. The molecule has 0 radical (unpaired) electrons. The predicted molar refractivity (Wildman–Crippen MR) is 344 cm³/mol. The van der Waals surface area contributed by atoms with Crippen molar-refractivity contribution in [2.24, 2.45) is 61.0 Å². The van der Waals surface area contributed by atoms with Crippen molar-refractivity contribution in [1.29, 1.82) is 0 Å². The molecule has 4 fully saturated rings. The second kappa shape index (κ2) is 33.6. The topological polar surface area (TPSA) is 524 Å². The van der Waals surface area contributed by atoms with Crippen molar-refractivity contribution >= 4 is 77.0 Å². The van der Waals surface area contributed by atoms with Crippen molar-refractivity contribution < 1.29 is 63.3 Å². The molecule has 4 heterocycles. The summed E-state index contributed by atoms with van der Waals surface area (Å²) in [7, 11) is 0. The molecule has 4 aliphatic heterocycles. The van der Waals surface area contributed by atoms with Crippen LogP contribution in [0.15, 0.2) is 69.6 Å². The highest BCUT2D eigenvalue weighted by Crippen LogP contribution is 2.41. The zero-order valence-electron chi connectivity index (χ0n) is 53.1. The number of benzene rings is 2. The van der Waals surface area contributed by atoms with Gasteiger partial charge in [0.15, 0.2) is 17.9 Å². The molecule has 0 bridgehead atoms. The second-order valence-electron chi connectivity index (χ2n) is 25.0. The van der Waals surface area contributed by atoms with Gasteiger partial charge in [-0.05, 0) is 100 Å². The average Bonchev–Trinajstić information content (AvgIpc) is 1.47. The summed E-state index contributed by atoms with van der Waals surface area (Å²) in [5, 5.41) is 45.3. The number of nitrogens with two attached hydrogens (primary N) is 7. The number of β-amino-alcohol motifs (C(OH)–C–C–N with tert-alkyl or cyclic N) is 1. The van der Waals surface area contributed by atoms with Gasteiger partial charge in [0.05, 0.1) is 25.3 Å². The largest absolute Gasteiger partial charge is 0.480 e. The Morgan fingerprint density at radius 3 is 1.88 bits per heavy atom. The quantitative estimate of drug-likeness (QED) is 0.0199. The first-order chi connectivity index (χ1) is 44.8. The minimum absolute atomic E-state index is 0.00215. The lowest BCUT2D eigenvalue weighted by molar-refractivity contribution is -0.154. The van der Waals surface area contributed by atoms with Crippen molar-refractivity contribution in [2.75, 3.05) is 45.9 Å². The number of fused-ring (bicyclic) bond motifs is 2. The normalized spacial score (nSPS) is 22.5. The van der Waals surface area contributed by atoms with E-state index in [1.54, 1.807) is 48.5 Å². The van der Waals surface area contributed by atoms with E-state index in [9.17, 15) is 53.7 Å². The number of aliphatic carboxylic acids is 1. The van der Waals surface area contributed by atoms with Gasteiger partial charge in [0.25, 0.3) is 0 Å². The van der Waals surface area contributed by atoms with Crippen LogP contribution in [0, 0.1) is 5.92 Å². The average molecular weight is 1310 g/mol. The molecule has 7 rings (SSSR count). The van der Waals surface area contributed by atoms with Gasteiger partial charge >= 0.3 is 5.97 Å². The first kappa shape index (κ1) is 72.3. The van der Waals surface area contributed by atoms with Crippen LogP contribution in [0.3, 0.4) is 0 Å². The molecule has 1 aliphatic carbocycles. The van der Waals surface area contributed by atoms with Crippen LogP contribution in [0.1, 0.15) is 114 Å². The number of rotatable bonds is 30. The summed E-state index contributed by atoms with van der Waals surface area (Å²) < 4.78 is 0. The number of likely N-dealkylation sites (tertiary alicyclic amines) is 3. The van der Waals surface area contributed by atoms with E-state index in [1.807, 2.05) is 6.07 Å². The molecule has 2 aromatic rings. The fourth-order valence-corrected chi connectivity index (χ4v) is 13.4. The second-order valence-corrected chi connectivity index (χ2v) is 25.0. The number of carboxylic acids is 1. The molecule has 5 aliphatic rings. The van der Waals surface area contributed by atoms with E-state index < -0.39 is 138 Å². The van der Waals surface area contributed by atoms with Gasteiger partial charge in [-0.1, -0.05) is 67.4 Å². The first-order valence-electron chi connectivity index (χ1n) is 32.1. The zero-order chi connectivity index (χ0) is 68.4. The molecular formula is C62H93N19O13. The van der Waals surface area contributed by atoms with Gasteiger partial charge in [-0.25, -0.2) is 4.79 Å². The minimum Gasteiger partial charge on any atom is -0.480 e. The van der Waals surface area contributed by atoms with E-state index in [1.165, 1.54) is 21.6 Å². The smallest absolute Gasteiger partial charge is 0.326 e. The van der Waals surface area contributed by atoms with Crippen molar-refractivity contribution in [3.05, 3.63) is 71.3 Å². The maximum absolute atomic E-state index is 15.4. The van der Waals surface area contributed by atoms with Crippen LogP contribution in [0.2, 0.25) is 0 Å². The molecule has 514 valence electrons.